The van der Waals surface area contributed by atoms with E-state index in [2.05, 4.69) is 5.32 Å². The molecule has 6 nitrogen and oxygen atoms in total. The Balaban J connectivity index is 1.61. The Kier molecular flexibility index (Phi) is 4.84. The maximum Gasteiger partial charge on any atom is 0.239 e. The molecule has 3 rings (SSSR count). The molecule has 1 aromatic carbocycles. The molecule has 1 spiro atoms. The van der Waals surface area contributed by atoms with Crippen molar-refractivity contribution in [2.45, 2.75) is 39.4 Å². The van der Waals surface area contributed by atoms with Crippen molar-refractivity contribution in [3.63, 3.8) is 0 Å². The first-order chi connectivity index (χ1) is 11.8. The van der Waals surface area contributed by atoms with Crippen LogP contribution in [0.2, 0.25) is 0 Å². The summed E-state index contributed by atoms with van der Waals surface area (Å²) in [4.78, 5) is 27.3. The molecule has 2 fully saturated rings. The summed E-state index contributed by atoms with van der Waals surface area (Å²) in [7, 11) is 0. The summed E-state index contributed by atoms with van der Waals surface area (Å²) in [6.45, 7) is 7.63. The largest absolute Gasteiger partial charge is 0.347 e. The number of benzene rings is 1. The summed E-state index contributed by atoms with van der Waals surface area (Å²) in [5, 5.41) is 2.84. The van der Waals surface area contributed by atoms with Gasteiger partial charge in [0.2, 0.25) is 11.8 Å². The number of carbonyl (C=O) groups excluding carboxylic acids is 2. The predicted molar refractivity (Wildman–Crippen MR) is 94.0 cm³/mol. The summed E-state index contributed by atoms with van der Waals surface area (Å²) in [5.41, 5.74) is 0.682. The van der Waals surface area contributed by atoms with Gasteiger partial charge in [-0.25, -0.2) is 0 Å². The molecule has 6 heteroatoms. The highest BCUT2D eigenvalue weighted by molar-refractivity contribution is 6.09. The third kappa shape index (κ3) is 3.70. The molecular weight excluding hydrogens is 320 g/mol. The van der Waals surface area contributed by atoms with Crippen molar-refractivity contribution in [1.29, 1.82) is 0 Å². The molecule has 0 radical (unpaired) electrons. The molecule has 2 saturated heterocycles. The second-order valence-corrected chi connectivity index (χ2v) is 7.34. The normalized spacial score (nSPS) is 19.9. The van der Waals surface area contributed by atoms with E-state index in [1.807, 2.05) is 31.2 Å². The number of hydrogen-bond acceptors (Lipinski definition) is 4. The zero-order chi connectivity index (χ0) is 18.1. The minimum Gasteiger partial charge on any atom is -0.347 e. The Hall–Kier alpha value is -1.92. The Morgan fingerprint density at radius 2 is 1.64 bits per heavy atom. The topological polar surface area (TPSA) is 67.9 Å². The lowest BCUT2D eigenvalue weighted by atomic mass is 9.88. The molecule has 0 saturated carbocycles. The number of ether oxygens (including phenoxy) is 2. The van der Waals surface area contributed by atoms with Crippen molar-refractivity contribution in [3.8, 4) is 0 Å². The molecule has 0 aromatic heterocycles. The van der Waals surface area contributed by atoms with E-state index in [1.165, 1.54) is 0 Å². The molecule has 0 bridgehead atoms. The third-order valence-corrected chi connectivity index (χ3v) is 5.04. The van der Waals surface area contributed by atoms with E-state index < -0.39 is 11.2 Å². The molecule has 0 aliphatic carbocycles. The Bertz CT molecular complexity index is 638. The smallest absolute Gasteiger partial charge is 0.239 e. The summed E-state index contributed by atoms with van der Waals surface area (Å²) in [5.74, 6) is -0.981. The van der Waals surface area contributed by atoms with Gasteiger partial charge in [0.1, 0.15) is 5.41 Å². The molecular formula is C19H26N2O4. The molecule has 1 N–H and O–H groups in total. The number of nitrogens with zero attached hydrogens (tertiary/aromatic N) is 1. The van der Waals surface area contributed by atoms with Crippen LogP contribution in [0.5, 0.6) is 0 Å². The lowest BCUT2D eigenvalue weighted by Crippen LogP contribution is -2.53. The average Bonchev–Trinajstić information content (AvgIpc) is 3.05. The van der Waals surface area contributed by atoms with E-state index >= 15 is 0 Å². The van der Waals surface area contributed by atoms with Gasteiger partial charge in [0.25, 0.3) is 0 Å². The number of carbonyl (C=O) groups is 2. The van der Waals surface area contributed by atoms with Crippen molar-refractivity contribution < 1.29 is 19.1 Å². The van der Waals surface area contributed by atoms with E-state index in [9.17, 15) is 9.59 Å². The molecule has 2 aliphatic rings. The lowest BCUT2D eigenvalue weighted by molar-refractivity contribution is -0.189. The molecule has 0 unspecified atom stereocenters. The zero-order valence-electron chi connectivity index (χ0n) is 15.1. The number of rotatable bonds is 3. The third-order valence-electron chi connectivity index (χ3n) is 5.04. The Morgan fingerprint density at radius 3 is 2.20 bits per heavy atom. The number of nitrogens with one attached hydrogen (secondary N) is 1. The molecule has 1 aromatic rings. The number of aryl methyl sites for hydroxylation is 1. The van der Waals surface area contributed by atoms with E-state index in [1.54, 1.807) is 18.7 Å². The number of piperidine rings is 1. The van der Waals surface area contributed by atoms with Gasteiger partial charge in [-0.1, -0.05) is 17.7 Å². The molecule has 2 aliphatic heterocycles. The van der Waals surface area contributed by atoms with Gasteiger partial charge in [0.15, 0.2) is 5.79 Å². The van der Waals surface area contributed by atoms with Crippen molar-refractivity contribution in [2.75, 3.05) is 31.6 Å². The summed E-state index contributed by atoms with van der Waals surface area (Å²) in [6.07, 6.45) is 1.29. The highest BCUT2D eigenvalue weighted by Gasteiger charge is 2.45. The van der Waals surface area contributed by atoms with E-state index in [4.69, 9.17) is 9.47 Å². The van der Waals surface area contributed by atoms with Crippen LogP contribution in [0.3, 0.4) is 0 Å². The van der Waals surface area contributed by atoms with Crippen LogP contribution in [0.25, 0.3) is 0 Å². The second kappa shape index (κ2) is 6.77. The van der Waals surface area contributed by atoms with Crippen LogP contribution < -0.4 is 5.32 Å². The Morgan fingerprint density at radius 1 is 1.08 bits per heavy atom. The van der Waals surface area contributed by atoms with Crippen molar-refractivity contribution in [3.05, 3.63) is 29.8 Å². The van der Waals surface area contributed by atoms with Crippen molar-refractivity contribution in [2.24, 2.45) is 5.41 Å². The maximum atomic E-state index is 12.9. The maximum absolute atomic E-state index is 12.9. The molecule has 0 atom stereocenters. The summed E-state index contributed by atoms with van der Waals surface area (Å²) in [6, 6.07) is 7.53. The Labute approximate surface area is 148 Å². The number of likely N-dealkylation sites (tertiary alicyclic amines) is 1. The van der Waals surface area contributed by atoms with Crippen molar-refractivity contribution >= 4 is 17.5 Å². The fourth-order valence-electron chi connectivity index (χ4n) is 3.25. The number of hydrogen-bond donors (Lipinski definition) is 1. The molecule has 25 heavy (non-hydrogen) atoms. The SMILES string of the molecule is Cc1ccc(NC(=O)C(C)(C)C(=O)N2CCC3(CC2)OCCO3)cc1. The van der Waals surface area contributed by atoms with Crippen LogP contribution in [0.4, 0.5) is 5.69 Å². The van der Waals surface area contributed by atoms with Gasteiger partial charge in [0.05, 0.1) is 13.2 Å². The minimum absolute atomic E-state index is 0.162. The van der Waals surface area contributed by atoms with Crippen LogP contribution in [-0.4, -0.2) is 48.8 Å². The minimum atomic E-state index is -1.13. The van der Waals surface area contributed by atoms with Gasteiger partial charge in [-0.3, -0.25) is 9.59 Å². The van der Waals surface area contributed by atoms with Gasteiger partial charge >= 0.3 is 0 Å². The first-order valence-corrected chi connectivity index (χ1v) is 8.78. The highest BCUT2D eigenvalue weighted by atomic mass is 16.7. The van der Waals surface area contributed by atoms with Crippen LogP contribution in [0.15, 0.2) is 24.3 Å². The van der Waals surface area contributed by atoms with Gasteiger partial charge in [-0.2, -0.15) is 0 Å². The highest BCUT2D eigenvalue weighted by Crippen LogP contribution is 2.33. The quantitative estimate of drug-likeness (QED) is 0.853. The van der Waals surface area contributed by atoms with Crippen LogP contribution in [-0.2, 0) is 19.1 Å². The molecule has 2 amide bonds. The second-order valence-electron chi connectivity index (χ2n) is 7.34. The van der Waals surface area contributed by atoms with Gasteiger partial charge < -0.3 is 19.7 Å². The van der Waals surface area contributed by atoms with Gasteiger partial charge in [-0.15, -0.1) is 0 Å². The van der Waals surface area contributed by atoms with Gasteiger partial charge in [-0.05, 0) is 32.9 Å². The summed E-state index contributed by atoms with van der Waals surface area (Å²) >= 11 is 0. The standard InChI is InChI=1S/C19H26N2O4/c1-14-4-6-15(7-5-14)20-16(22)18(2,3)17(23)21-10-8-19(9-11-21)24-12-13-25-19/h4-7H,8-13H2,1-3H3,(H,20,22). The first kappa shape index (κ1) is 17.9. The van der Waals surface area contributed by atoms with E-state index in [0.29, 0.717) is 44.8 Å². The predicted octanol–water partition coefficient (Wildman–Crippen LogP) is 2.33. The van der Waals surface area contributed by atoms with Crippen LogP contribution in [0, 0.1) is 12.3 Å². The molecule has 136 valence electrons. The van der Waals surface area contributed by atoms with Crippen molar-refractivity contribution in [1.82, 2.24) is 4.90 Å². The van der Waals surface area contributed by atoms with Gasteiger partial charge in [0, 0.05) is 31.6 Å². The average molecular weight is 346 g/mol. The summed E-state index contributed by atoms with van der Waals surface area (Å²) < 4.78 is 11.4. The van der Waals surface area contributed by atoms with E-state index in [-0.39, 0.29) is 11.8 Å². The first-order valence-electron chi connectivity index (χ1n) is 8.78. The van der Waals surface area contributed by atoms with Crippen LogP contribution in [0.1, 0.15) is 32.3 Å². The fourth-order valence-corrected chi connectivity index (χ4v) is 3.25. The molecule has 2 heterocycles. The zero-order valence-corrected chi connectivity index (χ0v) is 15.1. The number of amides is 2. The fraction of sp³-hybridized carbons (Fsp3) is 0.579. The monoisotopic (exact) mass is 346 g/mol. The number of anilines is 1. The lowest BCUT2D eigenvalue weighted by Gasteiger charge is -2.40. The van der Waals surface area contributed by atoms with Crippen LogP contribution >= 0.6 is 0 Å². The van der Waals surface area contributed by atoms with E-state index in [0.717, 1.165) is 5.56 Å².